The average molecular weight is 378 g/mol. The van der Waals surface area contributed by atoms with Gasteiger partial charge in [0.05, 0.1) is 24.9 Å². The first-order valence-electron chi connectivity index (χ1n) is 9.21. The van der Waals surface area contributed by atoms with Gasteiger partial charge in [0.1, 0.15) is 18.8 Å². The van der Waals surface area contributed by atoms with Crippen molar-refractivity contribution in [3.05, 3.63) is 54.7 Å². The van der Waals surface area contributed by atoms with Crippen LogP contribution in [0.15, 0.2) is 54.7 Å². The lowest BCUT2D eigenvalue weighted by atomic mass is 10.1. The van der Waals surface area contributed by atoms with E-state index in [2.05, 4.69) is 5.10 Å². The number of amides is 2. The molecule has 28 heavy (non-hydrogen) atoms. The molecule has 3 aromatic rings. The Bertz CT molecular complexity index is 1030. The molecule has 1 aliphatic heterocycles. The number of aromatic nitrogens is 2. The van der Waals surface area contributed by atoms with Gasteiger partial charge in [-0.05, 0) is 25.1 Å². The first-order chi connectivity index (χ1) is 13.6. The van der Waals surface area contributed by atoms with E-state index in [1.54, 1.807) is 27.8 Å². The summed E-state index contributed by atoms with van der Waals surface area (Å²) in [5, 5.41) is 5.30. The van der Waals surface area contributed by atoms with Crippen molar-refractivity contribution in [2.24, 2.45) is 0 Å². The fourth-order valence-corrected chi connectivity index (χ4v) is 3.68. The number of fused-ring (bicyclic) bond motifs is 1. The van der Waals surface area contributed by atoms with Crippen molar-refractivity contribution in [3.8, 4) is 5.75 Å². The maximum Gasteiger partial charge on any atom is 0.246 e. The highest BCUT2D eigenvalue weighted by molar-refractivity contribution is 5.98. The van der Waals surface area contributed by atoms with Crippen LogP contribution in [-0.4, -0.2) is 52.7 Å². The topological polar surface area (TPSA) is 67.7 Å². The fourth-order valence-electron chi connectivity index (χ4n) is 3.68. The van der Waals surface area contributed by atoms with Crippen LogP contribution in [0, 0.1) is 0 Å². The summed E-state index contributed by atoms with van der Waals surface area (Å²) in [4.78, 5) is 29.0. The van der Waals surface area contributed by atoms with Crippen LogP contribution in [0.1, 0.15) is 6.92 Å². The molecule has 1 aromatic heterocycles. The lowest BCUT2D eigenvalue weighted by molar-refractivity contribution is -0.138. The van der Waals surface area contributed by atoms with Gasteiger partial charge in [0, 0.05) is 23.7 Å². The van der Waals surface area contributed by atoms with E-state index in [0.717, 1.165) is 16.6 Å². The maximum absolute atomic E-state index is 12.8. The third-order valence-electron chi connectivity index (χ3n) is 5.04. The van der Waals surface area contributed by atoms with E-state index in [-0.39, 0.29) is 30.9 Å². The van der Waals surface area contributed by atoms with Crippen LogP contribution in [0.5, 0.6) is 5.75 Å². The Hall–Kier alpha value is -3.35. The molecule has 144 valence electrons. The van der Waals surface area contributed by atoms with Crippen molar-refractivity contribution in [1.29, 1.82) is 0 Å². The van der Waals surface area contributed by atoms with Crippen LogP contribution in [0.4, 0.5) is 5.69 Å². The minimum Gasteiger partial charge on any atom is -0.497 e. The van der Waals surface area contributed by atoms with Crippen molar-refractivity contribution >= 4 is 28.4 Å². The first kappa shape index (κ1) is 18.0. The highest BCUT2D eigenvalue weighted by Gasteiger charge is 2.33. The van der Waals surface area contributed by atoms with Gasteiger partial charge in [-0.15, -0.1) is 0 Å². The Morgan fingerprint density at radius 2 is 2.04 bits per heavy atom. The Labute approximate surface area is 163 Å². The molecule has 0 radical (unpaired) electrons. The molecule has 2 amide bonds. The van der Waals surface area contributed by atoms with Crippen LogP contribution in [-0.2, 0) is 16.1 Å². The summed E-state index contributed by atoms with van der Waals surface area (Å²) >= 11 is 0. The standard InChI is InChI=1S/C21H22N4O3/c1-15-12-23(13-21(27)25(15)17-7-5-8-18(10-17)28-2)20(26)14-24-19-9-4-3-6-16(19)11-22-24/h3-11,15H,12-14H2,1-2H3/t15-/m1/s1. The maximum atomic E-state index is 12.8. The molecule has 0 bridgehead atoms. The van der Waals surface area contributed by atoms with E-state index in [1.807, 2.05) is 55.5 Å². The number of carbonyl (C=O) groups is 2. The Kier molecular flexibility index (Phi) is 4.73. The lowest BCUT2D eigenvalue weighted by Gasteiger charge is -2.39. The van der Waals surface area contributed by atoms with E-state index in [9.17, 15) is 9.59 Å². The molecule has 7 nitrogen and oxygen atoms in total. The number of ether oxygens (including phenoxy) is 1. The summed E-state index contributed by atoms with van der Waals surface area (Å²) in [6, 6.07) is 15.0. The molecule has 4 rings (SSSR count). The summed E-state index contributed by atoms with van der Waals surface area (Å²) < 4.78 is 6.94. The number of para-hydroxylation sites is 1. The van der Waals surface area contributed by atoms with Crippen LogP contribution in [0.25, 0.3) is 10.9 Å². The molecule has 2 heterocycles. The summed E-state index contributed by atoms with van der Waals surface area (Å²) in [5.74, 6) is 0.478. The normalized spacial score (nSPS) is 17.2. The Morgan fingerprint density at radius 1 is 1.21 bits per heavy atom. The predicted octanol–water partition coefficient (Wildman–Crippen LogP) is 2.31. The van der Waals surface area contributed by atoms with E-state index in [0.29, 0.717) is 12.3 Å². The lowest BCUT2D eigenvalue weighted by Crippen LogP contribution is -2.57. The molecule has 2 aromatic carbocycles. The molecule has 0 spiro atoms. The smallest absolute Gasteiger partial charge is 0.246 e. The van der Waals surface area contributed by atoms with Gasteiger partial charge in [-0.1, -0.05) is 24.3 Å². The zero-order chi connectivity index (χ0) is 19.7. The van der Waals surface area contributed by atoms with Gasteiger partial charge in [0.25, 0.3) is 0 Å². The second kappa shape index (κ2) is 7.34. The molecule has 0 unspecified atom stereocenters. The highest BCUT2D eigenvalue weighted by atomic mass is 16.5. The molecule has 7 heteroatoms. The molecule has 0 N–H and O–H groups in total. The van der Waals surface area contributed by atoms with Crippen LogP contribution in [0.2, 0.25) is 0 Å². The zero-order valence-corrected chi connectivity index (χ0v) is 15.9. The van der Waals surface area contributed by atoms with Crippen LogP contribution < -0.4 is 9.64 Å². The summed E-state index contributed by atoms with van der Waals surface area (Å²) in [7, 11) is 1.60. The number of methoxy groups -OCH3 is 1. The van der Waals surface area contributed by atoms with Gasteiger partial charge in [0.2, 0.25) is 11.8 Å². The number of benzene rings is 2. The van der Waals surface area contributed by atoms with Crippen molar-refractivity contribution in [3.63, 3.8) is 0 Å². The number of hydrogen-bond donors (Lipinski definition) is 0. The second-order valence-corrected chi connectivity index (χ2v) is 6.95. The second-order valence-electron chi connectivity index (χ2n) is 6.95. The Balaban J connectivity index is 1.49. The van der Waals surface area contributed by atoms with Gasteiger partial charge >= 0.3 is 0 Å². The first-order valence-corrected chi connectivity index (χ1v) is 9.21. The molecule has 0 saturated carbocycles. The summed E-state index contributed by atoms with van der Waals surface area (Å²) in [6.07, 6.45) is 1.75. The van der Waals surface area contributed by atoms with E-state index in [1.165, 1.54) is 0 Å². The molecular weight excluding hydrogens is 356 g/mol. The quantitative estimate of drug-likeness (QED) is 0.699. The number of hydrogen-bond acceptors (Lipinski definition) is 4. The number of anilines is 1. The number of nitrogens with zero attached hydrogens (tertiary/aromatic N) is 4. The number of carbonyl (C=O) groups excluding carboxylic acids is 2. The summed E-state index contributed by atoms with van der Waals surface area (Å²) in [5.41, 5.74) is 1.69. The third kappa shape index (κ3) is 3.31. The van der Waals surface area contributed by atoms with Gasteiger partial charge in [-0.2, -0.15) is 5.10 Å². The van der Waals surface area contributed by atoms with Crippen molar-refractivity contribution in [2.45, 2.75) is 19.5 Å². The molecule has 1 aliphatic rings. The minimum absolute atomic E-state index is 0.0551. The number of piperazine rings is 1. The fraction of sp³-hybridized carbons (Fsp3) is 0.286. The van der Waals surface area contributed by atoms with Gasteiger partial charge < -0.3 is 14.5 Å². The van der Waals surface area contributed by atoms with Crippen molar-refractivity contribution < 1.29 is 14.3 Å². The van der Waals surface area contributed by atoms with Crippen molar-refractivity contribution in [2.75, 3.05) is 25.1 Å². The highest BCUT2D eigenvalue weighted by Crippen LogP contribution is 2.25. The monoisotopic (exact) mass is 378 g/mol. The number of rotatable bonds is 4. The molecular formula is C21H22N4O3. The third-order valence-corrected chi connectivity index (χ3v) is 5.04. The average Bonchev–Trinajstić information content (AvgIpc) is 3.10. The van der Waals surface area contributed by atoms with Gasteiger partial charge in [0.15, 0.2) is 0 Å². The van der Waals surface area contributed by atoms with E-state index in [4.69, 9.17) is 4.74 Å². The van der Waals surface area contributed by atoms with Crippen molar-refractivity contribution in [1.82, 2.24) is 14.7 Å². The Morgan fingerprint density at radius 3 is 2.82 bits per heavy atom. The van der Waals surface area contributed by atoms with E-state index >= 15 is 0 Å². The largest absolute Gasteiger partial charge is 0.497 e. The molecule has 1 fully saturated rings. The van der Waals surface area contributed by atoms with Gasteiger partial charge in [-0.25, -0.2) is 0 Å². The SMILES string of the molecule is COc1cccc(N2C(=O)CN(C(=O)Cn3ncc4ccccc43)C[C@H]2C)c1. The molecule has 1 saturated heterocycles. The predicted molar refractivity (Wildman–Crippen MR) is 106 cm³/mol. The zero-order valence-electron chi connectivity index (χ0n) is 15.9. The molecule has 0 aliphatic carbocycles. The minimum atomic E-state index is -0.133. The van der Waals surface area contributed by atoms with Gasteiger partial charge in [-0.3, -0.25) is 14.3 Å². The summed E-state index contributed by atoms with van der Waals surface area (Å²) in [6.45, 7) is 2.59. The van der Waals surface area contributed by atoms with Crippen LogP contribution in [0.3, 0.4) is 0 Å². The molecule has 1 atom stereocenters. The van der Waals surface area contributed by atoms with E-state index < -0.39 is 0 Å². The van der Waals surface area contributed by atoms with Crippen LogP contribution >= 0.6 is 0 Å².